The highest BCUT2D eigenvalue weighted by atomic mass is 32.1. The first kappa shape index (κ1) is 22.3. The van der Waals surface area contributed by atoms with Crippen molar-refractivity contribution >= 4 is 39.7 Å². The van der Waals surface area contributed by atoms with Crippen molar-refractivity contribution in [3.05, 3.63) is 103 Å². The van der Waals surface area contributed by atoms with Gasteiger partial charge in [0.1, 0.15) is 24.7 Å². The van der Waals surface area contributed by atoms with E-state index in [-0.39, 0.29) is 17.4 Å². The summed E-state index contributed by atoms with van der Waals surface area (Å²) in [5.41, 5.74) is 1.73. The molecule has 0 heterocycles. The van der Waals surface area contributed by atoms with Crippen molar-refractivity contribution in [3.63, 3.8) is 0 Å². The Labute approximate surface area is 198 Å². The molecule has 5 nitrogen and oxygen atoms in total. The van der Waals surface area contributed by atoms with Crippen LogP contribution in [-0.2, 0) is 11.2 Å². The van der Waals surface area contributed by atoms with Gasteiger partial charge in [-0.15, -0.1) is 0 Å². The number of hydrogen-bond acceptors (Lipinski definition) is 4. The molecule has 0 unspecified atom stereocenters. The first-order valence-corrected chi connectivity index (χ1v) is 11.1. The Bertz CT molecular complexity index is 1220. The highest BCUT2D eigenvalue weighted by Gasteiger charge is 2.09. The fourth-order valence-electron chi connectivity index (χ4n) is 3.42. The molecular formula is C27H24N2O3S. The molecule has 0 fully saturated rings. The Balaban J connectivity index is 1.22. The quantitative estimate of drug-likeness (QED) is 0.276. The zero-order valence-electron chi connectivity index (χ0n) is 18.0. The van der Waals surface area contributed by atoms with E-state index in [1.807, 2.05) is 97.1 Å². The number of benzene rings is 4. The zero-order chi connectivity index (χ0) is 22.9. The second-order valence-corrected chi connectivity index (χ2v) is 7.76. The monoisotopic (exact) mass is 456 g/mol. The number of thiocarbonyl (C=S) groups is 1. The highest BCUT2D eigenvalue weighted by Crippen LogP contribution is 2.19. The third-order valence-electron chi connectivity index (χ3n) is 4.96. The molecule has 4 rings (SSSR count). The van der Waals surface area contributed by atoms with Crippen molar-refractivity contribution in [2.24, 2.45) is 0 Å². The van der Waals surface area contributed by atoms with E-state index in [1.54, 1.807) is 0 Å². The molecule has 0 atom stereocenters. The molecule has 1 amide bonds. The Hall–Kier alpha value is -3.90. The lowest BCUT2D eigenvalue weighted by Gasteiger charge is -2.12. The van der Waals surface area contributed by atoms with Crippen LogP contribution in [0.5, 0.6) is 11.5 Å². The van der Waals surface area contributed by atoms with E-state index < -0.39 is 0 Å². The zero-order valence-corrected chi connectivity index (χ0v) is 18.8. The van der Waals surface area contributed by atoms with Crippen molar-refractivity contribution in [1.82, 2.24) is 5.32 Å². The molecule has 0 radical (unpaired) electrons. The Morgan fingerprint density at radius 2 is 1.36 bits per heavy atom. The summed E-state index contributed by atoms with van der Waals surface area (Å²) in [6.07, 6.45) is 0.251. The summed E-state index contributed by atoms with van der Waals surface area (Å²) in [4.78, 5) is 12.5. The van der Waals surface area contributed by atoms with E-state index >= 15 is 0 Å². The van der Waals surface area contributed by atoms with E-state index in [2.05, 4.69) is 10.6 Å². The number of fused-ring (bicyclic) bond motifs is 1. The summed E-state index contributed by atoms with van der Waals surface area (Å²) in [5, 5.41) is 8.21. The lowest BCUT2D eigenvalue weighted by Crippen LogP contribution is -2.35. The van der Waals surface area contributed by atoms with Gasteiger partial charge in [-0.3, -0.25) is 4.79 Å². The third kappa shape index (κ3) is 6.54. The minimum Gasteiger partial charge on any atom is -0.490 e. The number of nitrogens with one attached hydrogen (secondary N) is 2. The summed E-state index contributed by atoms with van der Waals surface area (Å²) in [5.74, 6) is 1.38. The van der Waals surface area contributed by atoms with Gasteiger partial charge in [-0.1, -0.05) is 60.7 Å². The van der Waals surface area contributed by atoms with Crippen LogP contribution in [0.3, 0.4) is 0 Å². The fraction of sp³-hybridized carbons (Fsp3) is 0.111. The Morgan fingerprint density at radius 1 is 0.727 bits per heavy atom. The van der Waals surface area contributed by atoms with Crippen LogP contribution in [0.1, 0.15) is 5.56 Å². The van der Waals surface area contributed by atoms with Crippen LogP contribution in [0.4, 0.5) is 5.69 Å². The number of ether oxygens (including phenoxy) is 2. The van der Waals surface area contributed by atoms with Crippen LogP contribution in [0, 0.1) is 0 Å². The molecule has 2 N–H and O–H groups in total. The molecule has 6 heteroatoms. The second-order valence-electron chi connectivity index (χ2n) is 7.35. The standard InChI is InChI=1S/C27H24N2O3S/c30-26(19-21-9-6-8-20-7-4-5-12-25(20)21)29-27(33)28-22-13-15-24(16-14-22)32-18-17-31-23-10-2-1-3-11-23/h1-16H,17-19H2,(H2,28,29,30,33). The van der Waals surface area contributed by atoms with E-state index in [1.165, 1.54) is 0 Å². The maximum atomic E-state index is 12.5. The molecule has 4 aromatic rings. The molecule has 0 bridgehead atoms. The second kappa shape index (κ2) is 11.1. The predicted molar refractivity (Wildman–Crippen MR) is 136 cm³/mol. The number of anilines is 1. The summed E-state index contributed by atoms with van der Waals surface area (Å²) in [7, 11) is 0. The number of hydrogen-bond donors (Lipinski definition) is 2. The van der Waals surface area contributed by atoms with Crippen LogP contribution in [-0.4, -0.2) is 24.2 Å². The van der Waals surface area contributed by atoms with E-state index in [4.69, 9.17) is 21.7 Å². The van der Waals surface area contributed by atoms with E-state index in [9.17, 15) is 4.79 Å². The molecule has 0 aliphatic carbocycles. The van der Waals surface area contributed by atoms with Crippen LogP contribution >= 0.6 is 12.2 Å². The van der Waals surface area contributed by atoms with Gasteiger partial charge in [-0.2, -0.15) is 0 Å². The average Bonchev–Trinajstić information content (AvgIpc) is 2.83. The van der Waals surface area contributed by atoms with Gasteiger partial charge >= 0.3 is 0 Å². The van der Waals surface area contributed by atoms with E-state index in [0.717, 1.165) is 33.5 Å². The number of rotatable bonds is 8. The minimum absolute atomic E-state index is 0.165. The van der Waals surface area contributed by atoms with Gasteiger partial charge in [0, 0.05) is 5.69 Å². The van der Waals surface area contributed by atoms with Crippen LogP contribution < -0.4 is 20.1 Å². The number of para-hydroxylation sites is 1. The normalized spacial score (nSPS) is 10.4. The van der Waals surface area contributed by atoms with Crippen LogP contribution in [0.25, 0.3) is 10.8 Å². The molecule has 0 aromatic heterocycles. The number of amides is 1. The van der Waals surface area contributed by atoms with Gasteiger partial charge in [0.05, 0.1) is 6.42 Å². The first-order chi connectivity index (χ1) is 16.2. The SMILES string of the molecule is O=C(Cc1cccc2ccccc12)NC(=S)Nc1ccc(OCCOc2ccccc2)cc1. The van der Waals surface area contributed by atoms with Crippen LogP contribution in [0.15, 0.2) is 97.1 Å². The highest BCUT2D eigenvalue weighted by molar-refractivity contribution is 7.80. The predicted octanol–water partition coefficient (Wildman–Crippen LogP) is 5.35. The van der Waals surface area contributed by atoms with Gasteiger partial charge in [0.25, 0.3) is 0 Å². The van der Waals surface area contributed by atoms with Crippen molar-refractivity contribution in [2.75, 3.05) is 18.5 Å². The lowest BCUT2D eigenvalue weighted by molar-refractivity contribution is -0.119. The summed E-state index contributed by atoms with van der Waals surface area (Å²) >= 11 is 5.30. The molecule has 33 heavy (non-hydrogen) atoms. The van der Waals surface area contributed by atoms with Crippen molar-refractivity contribution in [2.45, 2.75) is 6.42 Å². The van der Waals surface area contributed by atoms with Gasteiger partial charge < -0.3 is 20.1 Å². The maximum absolute atomic E-state index is 12.5. The molecule has 0 spiro atoms. The van der Waals surface area contributed by atoms with Gasteiger partial charge in [0.15, 0.2) is 5.11 Å². The number of carbonyl (C=O) groups excluding carboxylic acids is 1. The third-order valence-corrected chi connectivity index (χ3v) is 5.16. The van der Waals surface area contributed by atoms with Gasteiger partial charge in [-0.05, 0) is 65.0 Å². The average molecular weight is 457 g/mol. The molecule has 0 saturated carbocycles. The first-order valence-electron chi connectivity index (χ1n) is 10.7. The summed E-state index contributed by atoms with van der Waals surface area (Å²) in [6, 6.07) is 30.9. The van der Waals surface area contributed by atoms with Gasteiger partial charge in [0.2, 0.25) is 5.91 Å². The van der Waals surface area contributed by atoms with E-state index in [0.29, 0.717) is 13.2 Å². The molecule has 4 aromatic carbocycles. The largest absolute Gasteiger partial charge is 0.490 e. The van der Waals surface area contributed by atoms with Crippen molar-refractivity contribution in [1.29, 1.82) is 0 Å². The lowest BCUT2D eigenvalue weighted by atomic mass is 10.0. The smallest absolute Gasteiger partial charge is 0.230 e. The fourth-order valence-corrected chi connectivity index (χ4v) is 3.65. The van der Waals surface area contributed by atoms with Gasteiger partial charge in [-0.25, -0.2) is 0 Å². The minimum atomic E-state index is -0.165. The Kier molecular flexibility index (Phi) is 7.51. The topological polar surface area (TPSA) is 59.6 Å². The summed E-state index contributed by atoms with van der Waals surface area (Å²) < 4.78 is 11.3. The van der Waals surface area contributed by atoms with Crippen molar-refractivity contribution < 1.29 is 14.3 Å². The molecule has 0 aliphatic rings. The maximum Gasteiger partial charge on any atom is 0.230 e. The molecular weight excluding hydrogens is 432 g/mol. The van der Waals surface area contributed by atoms with Crippen LogP contribution in [0.2, 0.25) is 0 Å². The number of carbonyl (C=O) groups is 1. The van der Waals surface area contributed by atoms with Crippen molar-refractivity contribution in [3.8, 4) is 11.5 Å². The summed E-state index contributed by atoms with van der Waals surface area (Å²) in [6.45, 7) is 0.890. The Morgan fingerprint density at radius 3 is 2.12 bits per heavy atom. The molecule has 166 valence electrons. The molecule has 0 saturated heterocycles. The molecule has 0 aliphatic heterocycles.